The number of carbonyl (C=O) groups is 1. The highest BCUT2D eigenvalue weighted by Crippen LogP contribution is 2.30. The first-order valence-corrected chi connectivity index (χ1v) is 6.85. The van der Waals surface area contributed by atoms with Crippen molar-refractivity contribution in [2.24, 2.45) is 0 Å². The summed E-state index contributed by atoms with van der Waals surface area (Å²) in [6.07, 6.45) is 3.38. The lowest BCUT2D eigenvalue weighted by Gasteiger charge is -2.38. The molecule has 108 valence electrons. The Hall–Kier alpha value is -1.50. The molecule has 6 nitrogen and oxygen atoms in total. The summed E-state index contributed by atoms with van der Waals surface area (Å²) in [5, 5.41) is 8.85. The summed E-state index contributed by atoms with van der Waals surface area (Å²) >= 11 is 0. The minimum atomic E-state index is -0.950. The lowest BCUT2D eigenvalue weighted by molar-refractivity contribution is -0.190. The van der Waals surface area contributed by atoms with Crippen LogP contribution >= 0.6 is 0 Å². The van der Waals surface area contributed by atoms with Crippen LogP contribution in [0.1, 0.15) is 28.9 Å². The second-order valence-electron chi connectivity index (χ2n) is 5.27. The van der Waals surface area contributed by atoms with Crippen LogP contribution in [-0.4, -0.2) is 53.1 Å². The number of hydrogen-bond acceptors (Lipinski definition) is 5. The number of hydrogen-bond donors (Lipinski definition) is 1. The largest absolute Gasteiger partial charge is 0.478 e. The second kappa shape index (κ2) is 5.47. The molecule has 0 amide bonds. The summed E-state index contributed by atoms with van der Waals surface area (Å²) in [4.78, 5) is 17.2. The molecule has 3 heterocycles. The van der Waals surface area contributed by atoms with Gasteiger partial charge in [0, 0.05) is 19.2 Å². The summed E-state index contributed by atoms with van der Waals surface area (Å²) < 4.78 is 11.5. The van der Waals surface area contributed by atoms with Crippen molar-refractivity contribution in [1.82, 2.24) is 9.88 Å². The van der Waals surface area contributed by atoms with E-state index in [1.54, 1.807) is 12.1 Å². The van der Waals surface area contributed by atoms with Gasteiger partial charge in [0.2, 0.25) is 0 Å². The number of rotatable bonds is 3. The van der Waals surface area contributed by atoms with E-state index in [1.807, 2.05) is 0 Å². The number of aromatic carboxylic acids is 1. The molecule has 3 rings (SSSR count). The van der Waals surface area contributed by atoms with Gasteiger partial charge >= 0.3 is 5.97 Å². The zero-order valence-corrected chi connectivity index (χ0v) is 11.2. The minimum Gasteiger partial charge on any atom is -0.478 e. The van der Waals surface area contributed by atoms with Crippen molar-refractivity contribution >= 4 is 5.97 Å². The van der Waals surface area contributed by atoms with Crippen LogP contribution in [0.15, 0.2) is 18.3 Å². The van der Waals surface area contributed by atoms with E-state index in [9.17, 15) is 4.79 Å². The molecule has 0 aromatic carbocycles. The van der Waals surface area contributed by atoms with E-state index in [0.29, 0.717) is 19.8 Å². The zero-order chi connectivity index (χ0) is 14.0. The minimum absolute atomic E-state index is 0.214. The third-order valence-corrected chi connectivity index (χ3v) is 3.77. The molecule has 1 spiro atoms. The Morgan fingerprint density at radius 3 is 2.85 bits per heavy atom. The fraction of sp³-hybridized carbons (Fsp3) is 0.571. The van der Waals surface area contributed by atoms with Crippen molar-refractivity contribution < 1.29 is 19.4 Å². The number of nitrogens with zero attached hydrogens (tertiary/aromatic N) is 2. The molecule has 20 heavy (non-hydrogen) atoms. The predicted molar refractivity (Wildman–Crippen MR) is 70.3 cm³/mol. The summed E-state index contributed by atoms with van der Waals surface area (Å²) in [5.74, 6) is -1.38. The second-order valence-corrected chi connectivity index (χ2v) is 5.27. The first-order chi connectivity index (χ1) is 9.67. The van der Waals surface area contributed by atoms with Crippen LogP contribution in [0.2, 0.25) is 0 Å². The Labute approximate surface area is 117 Å². The molecule has 0 unspecified atom stereocenters. The van der Waals surface area contributed by atoms with Crippen molar-refractivity contribution in [3.8, 4) is 0 Å². The van der Waals surface area contributed by atoms with E-state index in [0.717, 1.165) is 31.6 Å². The summed E-state index contributed by atoms with van der Waals surface area (Å²) in [5.41, 5.74) is 1.08. The number of piperidine rings is 1. The number of pyridine rings is 1. The molecular weight excluding hydrogens is 260 g/mol. The number of likely N-dealkylation sites (tertiary alicyclic amines) is 1. The van der Waals surface area contributed by atoms with Crippen molar-refractivity contribution in [2.75, 3.05) is 26.3 Å². The molecule has 2 fully saturated rings. The number of aromatic nitrogens is 1. The molecule has 0 bridgehead atoms. The van der Waals surface area contributed by atoms with E-state index in [-0.39, 0.29) is 5.56 Å². The molecule has 2 aliphatic rings. The quantitative estimate of drug-likeness (QED) is 0.893. The van der Waals surface area contributed by atoms with Crippen LogP contribution in [0.3, 0.4) is 0 Å². The Morgan fingerprint density at radius 1 is 1.40 bits per heavy atom. The highest BCUT2D eigenvalue weighted by atomic mass is 16.7. The molecule has 0 aliphatic carbocycles. The van der Waals surface area contributed by atoms with Crippen molar-refractivity contribution in [1.29, 1.82) is 0 Å². The molecular formula is C14H18N2O4. The van der Waals surface area contributed by atoms with Gasteiger partial charge in [-0.2, -0.15) is 0 Å². The van der Waals surface area contributed by atoms with Gasteiger partial charge in [0.25, 0.3) is 0 Å². The normalized spacial score (nSPS) is 22.2. The molecule has 0 radical (unpaired) electrons. The summed E-state index contributed by atoms with van der Waals surface area (Å²) in [7, 11) is 0. The Balaban J connectivity index is 1.63. The van der Waals surface area contributed by atoms with Crippen molar-refractivity contribution in [3.63, 3.8) is 0 Å². The van der Waals surface area contributed by atoms with Gasteiger partial charge in [-0.25, -0.2) is 4.79 Å². The maximum Gasteiger partial charge on any atom is 0.337 e. The molecule has 0 atom stereocenters. The maximum atomic E-state index is 10.8. The molecule has 6 heteroatoms. The first-order valence-electron chi connectivity index (χ1n) is 6.85. The summed E-state index contributed by atoms with van der Waals surface area (Å²) in [6.45, 7) is 3.75. The highest BCUT2D eigenvalue weighted by Gasteiger charge is 2.40. The van der Waals surface area contributed by atoms with Crippen molar-refractivity contribution in [3.05, 3.63) is 29.6 Å². The Morgan fingerprint density at radius 2 is 2.20 bits per heavy atom. The molecule has 1 aromatic rings. The van der Waals surface area contributed by atoms with Crippen LogP contribution in [0.25, 0.3) is 0 Å². The van der Waals surface area contributed by atoms with Crippen LogP contribution in [0.4, 0.5) is 0 Å². The number of ether oxygens (including phenoxy) is 2. The van der Waals surface area contributed by atoms with E-state index >= 15 is 0 Å². The van der Waals surface area contributed by atoms with Gasteiger partial charge in [-0.05, 0) is 25.1 Å². The smallest absolute Gasteiger partial charge is 0.337 e. The lowest BCUT2D eigenvalue weighted by Crippen LogP contribution is -2.48. The van der Waals surface area contributed by atoms with Gasteiger partial charge in [0.05, 0.1) is 31.0 Å². The van der Waals surface area contributed by atoms with Gasteiger partial charge in [-0.3, -0.25) is 9.88 Å². The van der Waals surface area contributed by atoms with Crippen LogP contribution in [0, 0.1) is 0 Å². The number of carboxylic acids is 1. The standard InChI is InChI=1S/C14H18N2O4/c17-13(18)11-2-3-12(15-8-11)9-16-5-1-4-14(10-16)19-6-7-20-14/h2-3,8H,1,4-7,9-10H2,(H,17,18). The predicted octanol–water partition coefficient (Wildman–Crippen LogP) is 1.12. The lowest BCUT2D eigenvalue weighted by atomic mass is 10.0. The fourth-order valence-corrected chi connectivity index (χ4v) is 2.81. The van der Waals surface area contributed by atoms with Crippen molar-refractivity contribution in [2.45, 2.75) is 25.2 Å². The first kappa shape index (κ1) is 13.5. The van der Waals surface area contributed by atoms with Gasteiger partial charge < -0.3 is 14.6 Å². The van der Waals surface area contributed by atoms with Crippen LogP contribution in [-0.2, 0) is 16.0 Å². The molecule has 2 aliphatic heterocycles. The molecule has 2 saturated heterocycles. The zero-order valence-electron chi connectivity index (χ0n) is 11.2. The monoisotopic (exact) mass is 278 g/mol. The van der Waals surface area contributed by atoms with E-state index < -0.39 is 11.8 Å². The van der Waals surface area contributed by atoms with E-state index in [2.05, 4.69) is 9.88 Å². The molecule has 0 saturated carbocycles. The topological polar surface area (TPSA) is 71.9 Å². The summed E-state index contributed by atoms with van der Waals surface area (Å²) in [6, 6.07) is 3.36. The van der Waals surface area contributed by atoms with E-state index in [1.165, 1.54) is 6.20 Å². The highest BCUT2D eigenvalue weighted by molar-refractivity contribution is 5.87. The Kier molecular flexibility index (Phi) is 3.69. The SMILES string of the molecule is O=C(O)c1ccc(CN2CCCC3(C2)OCCO3)nc1. The van der Waals surface area contributed by atoms with Gasteiger partial charge in [0.1, 0.15) is 0 Å². The van der Waals surface area contributed by atoms with Gasteiger partial charge in [-0.15, -0.1) is 0 Å². The van der Waals surface area contributed by atoms with Crippen LogP contribution < -0.4 is 0 Å². The third kappa shape index (κ3) is 2.82. The van der Waals surface area contributed by atoms with Crippen LogP contribution in [0.5, 0.6) is 0 Å². The number of carboxylic acid groups (broad SMARTS) is 1. The average Bonchev–Trinajstić information content (AvgIpc) is 2.87. The Bertz CT molecular complexity index is 482. The fourth-order valence-electron chi connectivity index (χ4n) is 2.81. The maximum absolute atomic E-state index is 10.8. The van der Waals surface area contributed by atoms with E-state index in [4.69, 9.17) is 14.6 Å². The van der Waals surface area contributed by atoms with Gasteiger partial charge in [-0.1, -0.05) is 0 Å². The molecule has 1 aromatic heterocycles. The molecule has 1 N–H and O–H groups in total. The van der Waals surface area contributed by atoms with Gasteiger partial charge in [0.15, 0.2) is 5.79 Å². The third-order valence-electron chi connectivity index (χ3n) is 3.77. The average molecular weight is 278 g/mol.